The SMILES string of the molecule is CC(C)CCc1nc(C(C)O)cs1. The number of aliphatic hydroxyl groups is 1. The molecule has 1 heterocycles. The summed E-state index contributed by atoms with van der Waals surface area (Å²) >= 11 is 1.65. The van der Waals surface area contributed by atoms with E-state index in [1.54, 1.807) is 18.3 Å². The molecule has 0 spiro atoms. The molecule has 0 aliphatic carbocycles. The summed E-state index contributed by atoms with van der Waals surface area (Å²) in [7, 11) is 0. The van der Waals surface area contributed by atoms with Crippen molar-refractivity contribution in [2.24, 2.45) is 5.92 Å². The van der Waals surface area contributed by atoms with Crippen LogP contribution < -0.4 is 0 Å². The molecule has 0 amide bonds. The van der Waals surface area contributed by atoms with Crippen molar-refractivity contribution in [2.75, 3.05) is 0 Å². The van der Waals surface area contributed by atoms with Crippen molar-refractivity contribution in [3.8, 4) is 0 Å². The van der Waals surface area contributed by atoms with Crippen LogP contribution in [0.25, 0.3) is 0 Å². The lowest BCUT2D eigenvalue weighted by atomic mass is 10.1. The lowest BCUT2D eigenvalue weighted by Gasteiger charge is -2.00. The van der Waals surface area contributed by atoms with Crippen LogP contribution in [0, 0.1) is 5.92 Å². The van der Waals surface area contributed by atoms with Crippen molar-refractivity contribution in [1.82, 2.24) is 4.98 Å². The fourth-order valence-electron chi connectivity index (χ4n) is 1.04. The molecule has 3 heteroatoms. The lowest BCUT2D eigenvalue weighted by Crippen LogP contribution is -1.94. The summed E-state index contributed by atoms with van der Waals surface area (Å²) in [5.74, 6) is 0.721. The zero-order valence-corrected chi connectivity index (χ0v) is 9.27. The Kier molecular flexibility index (Phi) is 3.88. The topological polar surface area (TPSA) is 33.1 Å². The van der Waals surface area contributed by atoms with Crippen LogP contribution in [0.2, 0.25) is 0 Å². The quantitative estimate of drug-likeness (QED) is 0.809. The monoisotopic (exact) mass is 199 g/mol. The van der Waals surface area contributed by atoms with Gasteiger partial charge in [0.2, 0.25) is 0 Å². The minimum atomic E-state index is -0.427. The second kappa shape index (κ2) is 4.72. The van der Waals surface area contributed by atoms with Crippen LogP contribution in [0.5, 0.6) is 0 Å². The van der Waals surface area contributed by atoms with Gasteiger partial charge < -0.3 is 5.11 Å². The molecule has 74 valence electrons. The van der Waals surface area contributed by atoms with Crippen molar-refractivity contribution in [2.45, 2.75) is 39.7 Å². The van der Waals surface area contributed by atoms with Gasteiger partial charge >= 0.3 is 0 Å². The average Bonchev–Trinajstić information content (AvgIpc) is 2.48. The van der Waals surface area contributed by atoms with Gasteiger partial charge in [-0.15, -0.1) is 11.3 Å². The van der Waals surface area contributed by atoms with Crippen LogP contribution in [0.15, 0.2) is 5.38 Å². The normalized spacial score (nSPS) is 13.6. The average molecular weight is 199 g/mol. The molecule has 0 bridgehead atoms. The molecular weight excluding hydrogens is 182 g/mol. The minimum Gasteiger partial charge on any atom is -0.387 e. The standard InChI is InChI=1S/C10H17NOS/c1-7(2)4-5-10-11-9(6-13-10)8(3)12/h6-8,12H,4-5H2,1-3H3. The van der Waals surface area contributed by atoms with Crippen molar-refractivity contribution in [1.29, 1.82) is 0 Å². The molecule has 1 rings (SSSR count). The van der Waals surface area contributed by atoms with Gasteiger partial charge in [-0.1, -0.05) is 13.8 Å². The number of thiazole rings is 1. The molecule has 0 aliphatic heterocycles. The molecule has 1 unspecified atom stereocenters. The first-order valence-corrected chi connectivity index (χ1v) is 5.60. The van der Waals surface area contributed by atoms with Gasteiger partial charge in [0.1, 0.15) is 0 Å². The summed E-state index contributed by atoms with van der Waals surface area (Å²) in [5, 5.41) is 12.3. The van der Waals surface area contributed by atoms with Gasteiger partial charge in [-0.05, 0) is 25.7 Å². The molecule has 1 N–H and O–H groups in total. The van der Waals surface area contributed by atoms with Crippen LogP contribution >= 0.6 is 11.3 Å². The number of hydrogen-bond acceptors (Lipinski definition) is 3. The smallest absolute Gasteiger partial charge is 0.0940 e. The number of rotatable bonds is 4. The highest BCUT2D eigenvalue weighted by Crippen LogP contribution is 2.18. The van der Waals surface area contributed by atoms with Crippen LogP contribution in [-0.4, -0.2) is 10.1 Å². The Hall–Kier alpha value is -0.410. The molecule has 0 saturated carbocycles. The number of hydrogen-bond donors (Lipinski definition) is 1. The Balaban J connectivity index is 2.49. The van der Waals surface area contributed by atoms with E-state index in [0.717, 1.165) is 23.0 Å². The maximum atomic E-state index is 9.26. The van der Waals surface area contributed by atoms with Gasteiger partial charge in [0, 0.05) is 5.38 Å². The zero-order valence-electron chi connectivity index (χ0n) is 8.45. The summed E-state index contributed by atoms with van der Waals surface area (Å²) in [6.45, 7) is 6.17. The van der Waals surface area contributed by atoms with Crippen LogP contribution in [0.4, 0.5) is 0 Å². The van der Waals surface area contributed by atoms with Crippen LogP contribution in [0.3, 0.4) is 0 Å². The van der Waals surface area contributed by atoms with Gasteiger partial charge in [-0.2, -0.15) is 0 Å². The highest BCUT2D eigenvalue weighted by Gasteiger charge is 2.06. The lowest BCUT2D eigenvalue weighted by molar-refractivity contribution is 0.195. The Morgan fingerprint density at radius 3 is 2.62 bits per heavy atom. The number of aliphatic hydroxyl groups excluding tert-OH is 1. The second-order valence-electron chi connectivity index (χ2n) is 3.77. The van der Waals surface area contributed by atoms with Crippen molar-refractivity contribution >= 4 is 11.3 Å². The van der Waals surface area contributed by atoms with E-state index in [1.807, 2.05) is 5.38 Å². The third kappa shape index (κ3) is 3.44. The predicted molar refractivity (Wildman–Crippen MR) is 55.9 cm³/mol. The second-order valence-corrected chi connectivity index (χ2v) is 4.72. The molecule has 1 aromatic heterocycles. The third-order valence-corrected chi connectivity index (χ3v) is 2.86. The van der Waals surface area contributed by atoms with Crippen molar-refractivity contribution < 1.29 is 5.11 Å². The third-order valence-electron chi connectivity index (χ3n) is 1.93. The fourth-order valence-corrected chi connectivity index (χ4v) is 1.94. The molecular formula is C10H17NOS. The molecule has 0 fully saturated rings. The molecule has 13 heavy (non-hydrogen) atoms. The Labute approximate surface area is 83.6 Å². The molecule has 0 aromatic carbocycles. The van der Waals surface area contributed by atoms with E-state index >= 15 is 0 Å². The first-order chi connectivity index (χ1) is 6.09. The minimum absolute atomic E-state index is 0.427. The van der Waals surface area contributed by atoms with Gasteiger partial charge in [0.25, 0.3) is 0 Å². The molecule has 0 aliphatic rings. The Morgan fingerprint density at radius 2 is 2.15 bits per heavy atom. The van der Waals surface area contributed by atoms with E-state index in [0.29, 0.717) is 0 Å². The van der Waals surface area contributed by atoms with E-state index in [9.17, 15) is 5.11 Å². The van der Waals surface area contributed by atoms with Gasteiger partial charge in [-0.25, -0.2) is 4.98 Å². The summed E-state index contributed by atoms with van der Waals surface area (Å²) in [6, 6.07) is 0. The van der Waals surface area contributed by atoms with Crippen molar-refractivity contribution in [3.05, 3.63) is 16.1 Å². The summed E-state index contributed by atoms with van der Waals surface area (Å²) in [6.07, 6.45) is 1.78. The van der Waals surface area contributed by atoms with E-state index in [1.165, 1.54) is 6.42 Å². The molecule has 0 saturated heterocycles. The fraction of sp³-hybridized carbons (Fsp3) is 0.700. The predicted octanol–water partition coefficient (Wildman–Crippen LogP) is 2.79. The van der Waals surface area contributed by atoms with E-state index in [4.69, 9.17) is 0 Å². The Bertz CT molecular complexity index is 255. The maximum Gasteiger partial charge on any atom is 0.0940 e. The van der Waals surface area contributed by atoms with Gasteiger partial charge in [0.15, 0.2) is 0 Å². The first kappa shape index (κ1) is 10.7. The molecule has 1 aromatic rings. The summed E-state index contributed by atoms with van der Waals surface area (Å²) in [5.41, 5.74) is 0.809. The molecule has 2 nitrogen and oxygen atoms in total. The highest BCUT2D eigenvalue weighted by molar-refractivity contribution is 7.09. The summed E-state index contributed by atoms with van der Waals surface area (Å²) in [4.78, 5) is 4.35. The maximum absolute atomic E-state index is 9.26. The van der Waals surface area contributed by atoms with Crippen molar-refractivity contribution in [3.63, 3.8) is 0 Å². The van der Waals surface area contributed by atoms with Crippen LogP contribution in [-0.2, 0) is 6.42 Å². The number of aromatic nitrogens is 1. The first-order valence-electron chi connectivity index (χ1n) is 4.72. The Morgan fingerprint density at radius 1 is 1.46 bits per heavy atom. The van der Waals surface area contributed by atoms with E-state index < -0.39 is 6.10 Å². The highest BCUT2D eigenvalue weighted by atomic mass is 32.1. The van der Waals surface area contributed by atoms with Gasteiger partial charge in [0.05, 0.1) is 16.8 Å². The van der Waals surface area contributed by atoms with E-state index in [2.05, 4.69) is 18.8 Å². The van der Waals surface area contributed by atoms with E-state index in [-0.39, 0.29) is 0 Å². The molecule has 1 atom stereocenters. The zero-order chi connectivity index (χ0) is 9.84. The largest absolute Gasteiger partial charge is 0.387 e. The molecule has 0 radical (unpaired) electrons. The van der Waals surface area contributed by atoms with Crippen LogP contribution in [0.1, 0.15) is 44.0 Å². The number of aryl methyl sites for hydroxylation is 1. The van der Waals surface area contributed by atoms with Gasteiger partial charge in [-0.3, -0.25) is 0 Å². The number of nitrogens with zero attached hydrogens (tertiary/aromatic N) is 1. The summed E-state index contributed by atoms with van der Waals surface area (Å²) < 4.78 is 0.